The number of hydrogen-bond acceptors (Lipinski definition) is 3. The van der Waals surface area contributed by atoms with Gasteiger partial charge in [0.15, 0.2) is 0 Å². The number of hydrogen-bond donors (Lipinski definition) is 2. The molecule has 0 aliphatic carbocycles. The van der Waals surface area contributed by atoms with Crippen molar-refractivity contribution in [3.05, 3.63) is 0 Å². The Morgan fingerprint density at radius 3 is 2.16 bits per heavy atom. The monoisotopic (exact) mass is 273 g/mol. The topological polar surface area (TPSA) is 90.0 Å². The molecule has 2 N–H and O–H groups in total. The average Bonchev–Trinajstić information content (AvgIpc) is 2.34. The summed E-state index contributed by atoms with van der Waals surface area (Å²) in [5.41, 5.74) is 0. The van der Waals surface area contributed by atoms with Gasteiger partial charge in [-0.05, 0) is 12.8 Å². The van der Waals surface area contributed by atoms with Crippen LogP contribution in [0.15, 0.2) is 0 Å². The van der Waals surface area contributed by atoms with Crippen LogP contribution in [0.4, 0.5) is 4.79 Å². The lowest BCUT2D eigenvalue weighted by atomic mass is 10.2. The molecule has 7 heteroatoms. The Bertz CT molecular complexity index is 331. The van der Waals surface area contributed by atoms with Gasteiger partial charge in [0.05, 0.1) is 0 Å². The van der Waals surface area contributed by atoms with E-state index in [1.54, 1.807) is 21.0 Å². The number of urea groups is 1. The molecule has 0 bridgehead atoms. The number of likely N-dealkylation sites (N-methyl/N-ethyl adjacent to an activating group) is 1. The molecule has 3 amide bonds. The summed E-state index contributed by atoms with van der Waals surface area (Å²) in [4.78, 5) is 37.1. The minimum Gasteiger partial charge on any atom is -0.480 e. The number of amides is 3. The predicted molar refractivity (Wildman–Crippen MR) is 70.8 cm³/mol. The highest BCUT2D eigenvalue weighted by atomic mass is 16.4. The number of carboxylic acids is 1. The molecule has 0 fully saturated rings. The zero-order valence-corrected chi connectivity index (χ0v) is 12.0. The van der Waals surface area contributed by atoms with E-state index < -0.39 is 18.0 Å². The highest BCUT2D eigenvalue weighted by Crippen LogP contribution is 1.98. The Kier molecular flexibility index (Phi) is 7.55. The summed E-state index contributed by atoms with van der Waals surface area (Å²) in [6.45, 7) is 3.91. The number of aliphatic carboxylic acids is 1. The summed E-state index contributed by atoms with van der Waals surface area (Å²) in [6, 6.07) is -1.45. The third-order valence-corrected chi connectivity index (χ3v) is 2.61. The van der Waals surface area contributed by atoms with Crippen LogP contribution in [0.3, 0.4) is 0 Å². The Morgan fingerprint density at radius 2 is 1.79 bits per heavy atom. The van der Waals surface area contributed by atoms with Gasteiger partial charge in [0.2, 0.25) is 5.91 Å². The fourth-order valence-electron chi connectivity index (χ4n) is 1.41. The van der Waals surface area contributed by atoms with Crippen molar-refractivity contribution in [2.75, 3.05) is 27.2 Å². The molecule has 0 aliphatic heterocycles. The molecule has 0 radical (unpaired) electrons. The lowest BCUT2D eigenvalue weighted by molar-refractivity contribution is -0.139. The van der Waals surface area contributed by atoms with E-state index in [1.807, 2.05) is 6.92 Å². The largest absolute Gasteiger partial charge is 0.480 e. The van der Waals surface area contributed by atoms with Crippen molar-refractivity contribution in [1.82, 2.24) is 15.1 Å². The van der Waals surface area contributed by atoms with E-state index in [1.165, 1.54) is 9.80 Å². The predicted octanol–water partition coefficient (Wildman–Crippen LogP) is 0.359. The normalized spacial score (nSPS) is 11.6. The van der Waals surface area contributed by atoms with Crippen molar-refractivity contribution in [2.24, 2.45) is 0 Å². The number of carbonyl (C=O) groups is 3. The maximum absolute atomic E-state index is 11.9. The summed E-state index contributed by atoms with van der Waals surface area (Å²) in [7, 11) is 3.22. The Labute approximate surface area is 113 Å². The van der Waals surface area contributed by atoms with Crippen LogP contribution in [0.2, 0.25) is 0 Å². The number of nitrogens with one attached hydrogen (secondary N) is 1. The van der Waals surface area contributed by atoms with E-state index in [-0.39, 0.29) is 12.5 Å². The zero-order valence-electron chi connectivity index (χ0n) is 12.0. The van der Waals surface area contributed by atoms with E-state index >= 15 is 0 Å². The number of rotatable bonds is 7. The minimum absolute atomic E-state index is 0.0529. The fraction of sp³-hybridized carbons (Fsp3) is 0.750. The van der Waals surface area contributed by atoms with Crippen molar-refractivity contribution in [3.63, 3.8) is 0 Å². The van der Waals surface area contributed by atoms with Gasteiger partial charge in [-0.2, -0.15) is 0 Å². The Hall–Kier alpha value is -1.79. The average molecular weight is 273 g/mol. The van der Waals surface area contributed by atoms with Crippen LogP contribution in [0.25, 0.3) is 0 Å². The number of carboxylic acid groups (broad SMARTS) is 1. The quantitative estimate of drug-likeness (QED) is 0.700. The highest BCUT2D eigenvalue weighted by Gasteiger charge is 2.23. The molecule has 110 valence electrons. The molecule has 19 heavy (non-hydrogen) atoms. The van der Waals surface area contributed by atoms with Gasteiger partial charge in [-0.3, -0.25) is 4.79 Å². The molecule has 7 nitrogen and oxygen atoms in total. The Balaban J connectivity index is 4.65. The number of carbonyl (C=O) groups excluding carboxylic acids is 2. The first-order chi connectivity index (χ1) is 8.83. The van der Waals surface area contributed by atoms with Gasteiger partial charge in [0.25, 0.3) is 0 Å². The minimum atomic E-state index is -1.08. The first-order valence-corrected chi connectivity index (χ1v) is 6.31. The van der Waals surface area contributed by atoms with Gasteiger partial charge in [0, 0.05) is 20.6 Å². The summed E-state index contributed by atoms with van der Waals surface area (Å²) < 4.78 is 0. The van der Waals surface area contributed by atoms with Gasteiger partial charge < -0.3 is 20.2 Å². The lowest BCUT2D eigenvalue weighted by Crippen LogP contribution is -2.50. The van der Waals surface area contributed by atoms with E-state index in [0.29, 0.717) is 19.4 Å². The summed E-state index contributed by atoms with van der Waals surface area (Å²) >= 11 is 0. The second kappa shape index (κ2) is 8.34. The van der Waals surface area contributed by atoms with Gasteiger partial charge in [-0.15, -0.1) is 0 Å². The van der Waals surface area contributed by atoms with E-state index in [2.05, 4.69) is 5.32 Å². The molecule has 0 unspecified atom stereocenters. The van der Waals surface area contributed by atoms with E-state index in [4.69, 9.17) is 5.11 Å². The molecule has 0 saturated carbocycles. The molecule has 0 heterocycles. The molecule has 0 saturated heterocycles. The number of nitrogens with zero attached hydrogens (tertiary/aromatic N) is 2. The summed E-state index contributed by atoms with van der Waals surface area (Å²) in [6.07, 6.45) is 0.987. The van der Waals surface area contributed by atoms with Crippen molar-refractivity contribution in [1.29, 1.82) is 0 Å². The molecule has 0 aromatic rings. The molecule has 0 spiro atoms. The zero-order chi connectivity index (χ0) is 15.0. The second-order valence-electron chi connectivity index (χ2n) is 4.46. The Morgan fingerprint density at radius 1 is 1.21 bits per heavy atom. The van der Waals surface area contributed by atoms with Crippen LogP contribution in [0.1, 0.15) is 26.7 Å². The highest BCUT2D eigenvalue weighted by molar-refractivity contribution is 5.86. The van der Waals surface area contributed by atoms with Crippen LogP contribution < -0.4 is 5.32 Å². The smallest absolute Gasteiger partial charge is 0.326 e. The van der Waals surface area contributed by atoms with Crippen LogP contribution in [-0.2, 0) is 9.59 Å². The summed E-state index contributed by atoms with van der Waals surface area (Å²) in [5.74, 6) is -1.28. The second-order valence-corrected chi connectivity index (χ2v) is 4.46. The third-order valence-electron chi connectivity index (χ3n) is 2.61. The molecule has 0 aromatic heterocycles. The van der Waals surface area contributed by atoms with Crippen molar-refractivity contribution in [3.8, 4) is 0 Å². The lowest BCUT2D eigenvalue weighted by Gasteiger charge is -2.25. The summed E-state index contributed by atoms with van der Waals surface area (Å²) in [5, 5.41) is 11.3. The van der Waals surface area contributed by atoms with E-state index in [0.717, 1.165) is 0 Å². The van der Waals surface area contributed by atoms with Crippen LogP contribution >= 0.6 is 0 Å². The SMILES string of the molecule is CCCN(CC(=O)N(C)C)C(=O)N[C@H](CC)C(=O)O. The molecular weight excluding hydrogens is 250 g/mol. The van der Waals surface area contributed by atoms with Crippen LogP contribution in [0.5, 0.6) is 0 Å². The standard InChI is InChI=1S/C12H23N3O4/c1-5-7-15(8-10(16)14(3)4)12(19)13-9(6-2)11(17)18/h9H,5-8H2,1-4H3,(H,13,19)(H,17,18)/t9-/m1/s1. The van der Waals surface area contributed by atoms with Crippen LogP contribution in [0, 0.1) is 0 Å². The molecule has 0 aromatic carbocycles. The van der Waals surface area contributed by atoms with Crippen molar-refractivity contribution < 1.29 is 19.5 Å². The first kappa shape index (κ1) is 17.2. The van der Waals surface area contributed by atoms with Crippen molar-refractivity contribution in [2.45, 2.75) is 32.7 Å². The first-order valence-electron chi connectivity index (χ1n) is 6.31. The van der Waals surface area contributed by atoms with Gasteiger partial charge in [0.1, 0.15) is 12.6 Å². The maximum Gasteiger partial charge on any atom is 0.326 e. The van der Waals surface area contributed by atoms with E-state index in [9.17, 15) is 14.4 Å². The van der Waals surface area contributed by atoms with Crippen molar-refractivity contribution >= 4 is 17.9 Å². The van der Waals surface area contributed by atoms with Gasteiger partial charge >= 0.3 is 12.0 Å². The molecule has 0 rings (SSSR count). The fourth-order valence-corrected chi connectivity index (χ4v) is 1.41. The van der Waals surface area contributed by atoms with Gasteiger partial charge in [-0.25, -0.2) is 9.59 Å². The molecular formula is C12H23N3O4. The molecule has 0 aliphatic rings. The van der Waals surface area contributed by atoms with Crippen LogP contribution in [-0.4, -0.2) is 66.0 Å². The molecule has 1 atom stereocenters. The van der Waals surface area contributed by atoms with Gasteiger partial charge in [-0.1, -0.05) is 13.8 Å². The maximum atomic E-state index is 11.9. The third kappa shape index (κ3) is 6.08.